The molecular formula is C17H13BrClNO. The minimum absolute atomic E-state index is 0.539. The number of nitrogens with zero attached hydrogens (tertiary/aromatic N) is 1. The van der Waals surface area contributed by atoms with E-state index in [1.54, 1.807) is 12.3 Å². The highest BCUT2D eigenvalue weighted by molar-refractivity contribution is 9.10. The number of halogens is 2. The first-order valence-electron chi connectivity index (χ1n) is 6.61. The van der Waals surface area contributed by atoms with Gasteiger partial charge in [0.2, 0.25) is 0 Å². The van der Waals surface area contributed by atoms with Gasteiger partial charge in [-0.25, -0.2) is 0 Å². The highest BCUT2D eigenvalue weighted by Gasteiger charge is 2.12. The number of benzene rings is 2. The topological polar surface area (TPSA) is 33.1 Å². The quantitative estimate of drug-likeness (QED) is 0.717. The van der Waals surface area contributed by atoms with Gasteiger partial charge in [-0.15, -0.1) is 0 Å². The standard InChI is InChI=1S/C17H13BrClNO/c18-14-9-12(5-6-15(14)19)17(21)10-11-7-8-20-16-4-2-1-3-13(11)16/h1-9,17,21H,10H2. The highest BCUT2D eigenvalue weighted by atomic mass is 79.9. The molecule has 3 aromatic rings. The Balaban J connectivity index is 1.92. The molecule has 2 aromatic carbocycles. The summed E-state index contributed by atoms with van der Waals surface area (Å²) in [5.74, 6) is 0. The normalized spacial score (nSPS) is 12.5. The van der Waals surface area contributed by atoms with Crippen LogP contribution in [0, 0.1) is 0 Å². The van der Waals surface area contributed by atoms with Crippen molar-refractivity contribution in [2.45, 2.75) is 12.5 Å². The molecule has 1 atom stereocenters. The summed E-state index contributed by atoms with van der Waals surface area (Å²) in [6.45, 7) is 0. The SMILES string of the molecule is OC(Cc1ccnc2ccccc12)c1ccc(Cl)c(Br)c1. The number of aromatic nitrogens is 1. The molecule has 0 aliphatic heterocycles. The number of aliphatic hydroxyl groups is 1. The van der Waals surface area contributed by atoms with Crippen LogP contribution < -0.4 is 0 Å². The van der Waals surface area contributed by atoms with Crippen LogP contribution in [0.4, 0.5) is 0 Å². The second kappa shape index (κ2) is 6.14. The van der Waals surface area contributed by atoms with Gasteiger partial charge in [-0.1, -0.05) is 35.9 Å². The molecular weight excluding hydrogens is 350 g/mol. The number of hydrogen-bond acceptors (Lipinski definition) is 2. The van der Waals surface area contributed by atoms with E-state index in [4.69, 9.17) is 11.6 Å². The zero-order valence-electron chi connectivity index (χ0n) is 11.1. The first-order valence-corrected chi connectivity index (χ1v) is 7.78. The molecule has 21 heavy (non-hydrogen) atoms. The molecule has 0 saturated heterocycles. The fourth-order valence-corrected chi connectivity index (χ4v) is 2.89. The molecule has 0 aliphatic carbocycles. The average molecular weight is 363 g/mol. The van der Waals surface area contributed by atoms with Gasteiger partial charge in [0.05, 0.1) is 16.6 Å². The number of aliphatic hydroxyl groups excluding tert-OH is 1. The summed E-state index contributed by atoms with van der Waals surface area (Å²) < 4.78 is 0.792. The third kappa shape index (κ3) is 3.10. The van der Waals surface area contributed by atoms with Crippen molar-refractivity contribution in [1.82, 2.24) is 4.98 Å². The summed E-state index contributed by atoms with van der Waals surface area (Å²) in [6, 6.07) is 15.4. The average Bonchev–Trinajstić information content (AvgIpc) is 2.50. The van der Waals surface area contributed by atoms with Crippen LogP contribution in [0.25, 0.3) is 10.9 Å². The lowest BCUT2D eigenvalue weighted by atomic mass is 9.99. The van der Waals surface area contributed by atoms with Crippen molar-refractivity contribution in [3.8, 4) is 0 Å². The van der Waals surface area contributed by atoms with Gasteiger partial charge in [0.1, 0.15) is 0 Å². The molecule has 0 radical (unpaired) electrons. The van der Waals surface area contributed by atoms with E-state index in [1.807, 2.05) is 42.5 Å². The van der Waals surface area contributed by atoms with Crippen LogP contribution in [0.15, 0.2) is 59.2 Å². The first-order chi connectivity index (χ1) is 10.1. The molecule has 0 amide bonds. The molecule has 0 bridgehead atoms. The molecule has 1 unspecified atom stereocenters. The van der Waals surface area contributed by atoms with Crippen LogP contribution in [-0.2, 0) is 6.42 Å². The number of rotatable bonds is 3. The second-order valence-electron chi connectivity index (χ2n) is 4.88. The summed E-state index contributed by atoms with van der Waals surface area (Å²) in [5, 5.41) is 12.2. The summed E-state index contributed by atoms with van der Waals surface area (Å²) >= 11 is 9.37. The van der Waals surface area contributed by atoms with Crippen molar-refractivity contribution in [3.63, 3.8) is 0 Å². The Morgan fingerprint density at radius 2 is 1.95 bits per heavy atom. The van der Waals surface area contributed by atoms with Gasteiger partial charge >= 0.3 is 0 Å². The third-order valence-corrected chi connectivity index (χ3v) is 4.69. The fraction of sp³-hybridized carbons (Fsp3) is 0.118. The van der Waals surface area contributed by atoms with E-state index in [9.17, 15) is 5.11 Å². The number of para-hydroxylation sites is 1. The summed E-state index contributed by atoms with van der Waals surface area (Å²) in [7, 11) is 0. The van der Waals surface area contributed by atoms with Gasteiger partial charge in [-0.3, -0.25) is 4.98 Å². The molecule has 1 aromatic heterocycles. The Morgan fingerprint density at radius 3 is 2.76 bits per heavy atom. The molecule has 0 spiro atoms. The van der Waals surface area contributed by atoms with Crippen LogP contribution >= 0.6 is 27.5 Å². The van der Waals surface area contributed by atoms with E-state index >= 15 is 0 Å². The van der Waals surface area contributed by atoms with E-state index < -0.39 is 6.10 Å². The maximum Gasteiger partial charge on any atom is 0.0831 e. The monoisotopic (exact) mass is 361 g/mol. The van der Waals surface area contributed by atoms with Crippen molar-refractivity contribution >= 4 is 38.4 Å². The smallest absolute Gasteiger partial charge is 0.0831 e. The Hall–Kier alpha value is -1.42. The van der Waals surface area contributed by atoms with E-state index in [0.717, 1.165) is 26.5 Å². The van der Waals surface area contributed by atoms with Crippen molar-refractivity contribution in [2.75, 3.05) is 0 Å². The van der Waals surface area contributed by atoms with Crippen molar-refractivity contribution in [2.24, 2.45) is 0 Å². The minimum atomic E-state index is -0.579. The maximum absolute atomic E-state index is 10.5. The van der Waals surface area contributed by atoms with Gasteiger partial charge < -0.3 is 5.11 Å². The van der Waals surface area contributed by atoms with Crippen molar-refractivity contribution in [3.05, 3.63) is 75.4 Å². The van der Waals surface area contributed by atoms with Crippen LogP contribution in [-0.4, -0.2) is 10.1 Å². The molecule has 0 saturated carbocycles. The lowest BCUT2D eigenvalue weighted by molar-refractivity contribution is 0.179. The highest BCUT2D eigenvalue weighted by Crippen LogP contribution is 2.28. The summed E-state index contributed by atoms with van der Waals surface area (Å²) in [4.78, 5) is 4.34. The molecule has 4 heteroatoms. The van der Waals surface area contributed by atoms with Crippen LogP contribution in [0.2, 0.25) is 5.02 Å². The van der Waals surface area contributed by atoms with Crippen molar-refractivity contribution in [1.29, 1.82) is 0 Å². The van der Waals surface area contributed by atoms with Crippen LogP contribution in [0.1, 0.15) is 17.2 Å². The molecule has 2 nitrogen and oxygen atoms in total. The van der Waals surface area contributed by atoms with Gasteiger partial charge in [0, 0.05) is 22.5 Å². The van der Waals surface area contributed by atoms with Gasteiger partial charge in [0.15, 0.2) is 0 Å². The predicted molar refractivity (Wildman–Crippen MR) is 89.6 cm³/mol. The Morgan fingerprint density at radius 1 is 1.14 bits per heavy atom. The Bertz CT molecular complexity index is 785. The van der Waals surface area contributed by atoms with E-state index in [1.165, 1.54) is 0 Å². The zero-order valence-corrected chi connectivity index (χ0v) is 13.5. The van der Waals surface area contributed by atoms with Gasteiger partial charge in [0.25, 0.3) is 0 Å². The Kier molecular flexibility index (Phi) is 4.24. The fourth-order valence-electron chi connectivity index (χ4n) is 2.38. The molecule has 106 valence electrons. The summed E-state index contributed by atoms with van der Waals surface area (Å²) in [6.07, 6.45) is 1.74. The number of pyridine rings is 1. The Labute approximate surface area is 136 Å². The predicted octanol–water partition coefficient (Wildman–Crippen LogP) is 4.93. The minimum Gasteiger partial charge on any atom is -0.388 e. The van der Waals surface area contributed by atoms with E-state index in [0.29, 0.717) is 11.4 Å². The van der Waals surface area contributed by atoms with Gasteiger partial charge in [-0.2, -0.15) is 0 Å². The van der Waals surface area contributed by atoms with Crippen LogP contribution in [0.3, 0.4) is 0 Å². The zero-order chi connectivity index (χ0) is 14.8. The summed E-state index contributed by atoms with van der Waals surface area (Å²) in [5.41, 5.74) is 2.87. The third-order valence-electron chi connectivity index (χ3n) is 3.48. The molecule has 1 heterocycles. The van der Waals surface area contributed by atoms with Crippen LogP contribution in [0.5, 0.6) is 0 Å². The first kappa shape index (κ1) is 14.5. The van der Waals surface area contributed by atoms with E-state index in [-0.39, 0.29) is 0 Å². The number of hydrogen-bond donors (Lipinski definition) is 1. The maximum atomic E-state index is 10.5. The molecule has 0 fully saturated rings. The largest absolute Gasteiger partial charge is 0.388 e. The lowest BCUT2D eigenvalue weighted by Gasteiger charge is -2.13. The molecule has 3 rings (SSSR count). The molecule has 0 aliphatic rings. The second-order valence-corrected chi connectivity index (χ2v) is 6.14. The lowest BCUT2D eigenvalue weighted by Crippen LogP contribution is -2.02. The van der Waals surface area contributed by atoms with Crippen molar-refractivity contribution < 1.29 is 5.11 Å². The van der Waals surface area contributed by atoms with Gasteiger partial charge in [-0.05, 0) is 51.3 Å². The molecule has 1 N–H and O–H groups in total. The number of fused-ring (bicyclic) bond motifs is 1. The van der Waals surface area contributed by atoms with E-state index in [2.05, 4.69) is 20.9 Å².